The van der Waals surface area contributed by atoms with Gasteiger partial charge in [-0.1, -0.05) is 6.42 Å². The average molecular weight is 94.1 g/mol. The number of terminal acetylenes is 1. The zero-order chi connectivity index (χ0) is 5.54. The average Bonchev–Trinajstić information content (AvgIpc) is 1.69. The van der Waals surface area contributed by atoms with Crippen molar-refractivity contribution in [3.63, 3.8) is 0 Å². The summed E-state index contributed by atoms with van der Waals surface area (Å²) in [4.78, 5) is 7.02. The van der Waals surface area contributed by atoms with E-state index in [0.29, 0.717) is 0 Å². The van der Waals surface area contributed by atoms with E-state index in [-0.39, 0.29) is 0 Å². The molecule has 0 bridgehead atoms. The highest BCUT2D eigenvalue weighted by Gasteiger charge is 1.53. The molecular weight excluding hydrogens is 88.1 g/mol. The summed E-state index contributed by atoms with van der Waals surface area (Å²) in [6.07, 6.45) is 7.75. The van der Waals surface area contributed by atoms with Gasteiger partial charge in [0.25, 0.3) is 0 Å². The molecule has 0 spiro atoms. The number of hydrogen-bond donors (Lipinski definition) is 0. The minimum atomic E-state index is 1.46. The van der Waals surface area contributed by atoms with E-state index in [9.17, 15) is 0 Å². The van der Waals surface area contributed by atoms with Crippen molar-refractivity contribution in [1.29, 1.82) is 0 Å². The molecule has 36 valence electrons. The van der Waals surface area contributed by atoms with Crippen molar-refractivity contribution < 1.29 is 0 Å². The zero-order valence-electron chi connectivity index (χ0n) is 4.13. The highest BCUT2D eigenvalue weighted by atomic mass is 14.7. The van der Waals surface area contributed by atoms with Gasteiger partial charge in [0.15, 0.2) is 0 Å². The van der Waals surface area contributed by atoms with Crippen molar-refractivity contribution in [2.45, 2.75) is 0 Å². The maximum Gasteiger partial charge on any atom is 0.0553 e. The van der Waals surface area contributed by atoms with Crippen LogP contribution in [-0.2, 0) is 0 Å². The Morgan fingerprint density at radius 3 is 2.71 bits per heavy atom. The largest absolute Gasteiger partial charge is 0.295 e. The van der Waals surface area contributed by atoms with E-state index in [4.69, 9.17) is 6.42 Å². The SMILES string of the molecule is C#C/N=C\C=N/C. The second-order valence-corrected chi connectivity index (χ2v) is 0.815. The fraction of sp³-hybridized carbons (Fsp3) is 0.200. The normalized spacial score (nSPS) is 10.3. The van der Waals surface area contributed by atoms with Gasteiger partial charge in [-0.05, 0) is 0 Å². The third kappa shape index (κ3) is 4.90. The molecule has 2 heteroatoms. The molecular formula is C5H6N2. The Morgan fingerprint density at radius 2 is 2.29 bits per heavy atom. The van der Waals surface area contributed by atoms with E-state index in [0.717, 1.165) is 0 Å². The molecule has 0 aliphatic carbocycles. The Balaban J connectivity index is 3.33. The van der Waals surface area contributed by atoms with Gasteiger partial charge in [-0.3, -0.25) is 4.99 Å². The highest BCUT2D eigenvalue weighted by Crippen LogP contribution is 1.52. The molecule has 0 rings (SSSR count). The quantitative estimate of drug-likeness (QED) is 0.331. The highest BCUT2D eigenvalue weighted by molar-refractivity contribution is 6.16. The summed E-state index contributed by atoms with van der Waals surface area (Å²) in [5.41, 5.74) is 0. The molecule has 0 radical (unpaired) electrons. The van der Waals surface area contributed by atoms with E-state index >= 15 is 0 Å². The van der Waals surface area contributed by atoms with Crippen molar-refractivity contribution >= 4 is 12.4 Å². The maximum atomic E-state index is 4.76. The summed E-state index contributed by atoms with van der Waals surface area (Å²) in [7, 11) is 1.66. The van der Waals surface area contributed by atoms with Crippen LogP contribution in [0.25, 0.3) is 0 Å². The number of aliphatic imine (C=N–C) groups is 2. The lowest BCUT2D eigenvalue weighted by molar-refractivity contribution is 1.48. The summed E-state index contributed by atoms with van der Waals surface area (Å²) in [5.74, 6) is 0. The Labute approximate surface area is 43.0 Å². The molecule has 0 aliphatic heterocycles. The number of hydrogen-bond acceptors (Lipinski definition) is 2. The van der Waals surface area contributed by atoms with Crippen LogP contribution in [-0.4, -0.2) is 19.5 Å². The first-order valence-corrected chi connectivity index (χ1v) is 1.81. The lowest BCUT2D eigenvalue weighted by Gasteiger charge is -1.63. The van der Waals surface area contributed by atoms with Crippen LogP contribution in [0.1, 0.15) is 0 Å². The van der Waals surface area contributed by atoms with Crippen molar-refractivity contribution in [2.24, 2.45) is 9.98 Å². The topological polar surface area (TPSA) is 24.7 Å². The molecule has 0 saturated heterocycles. The predicted molar refractivity (Wildman–Crippen MR) is 31.7 cm³/mol. The van der Waals surface area contributed by atoms with Crippen LogP contribution in [0.4, 0.5) is 0 Å². The third-order valence-corrected chi connectivity index (χ3v) is 0.365. The Bertz CT molecular complexity index is 117. The molecule has 0 aliphatic rings. The molecule has 0 N–H and O–H groups in total. The number of rotatable bonds is 1. The number of nitrogens with zero attached hydrogens (tertiary/aromatic N) is 2. The van der Waals surface area contributed by atoms with Crippen LogP contribution in [0, 0.1) is 12.5 Å². The first-order chi connectivity index (χ1) is 3.41. The predicted octanol–water partition coefficient (Wildman–Crippen LogP) is 0.349. The van der Waals surface area contributed by atoms with Crippen molar-refractivity contribution in [2.75, 3.05) is 7.05 Å². The molecule has 0 amide bonds. The molecule has 2 nitrogen and oxygen atoms in total. The minimum Gasteiger partial charge on any atom is -0.295 e. The van der Waals surface area contributed by atoms with Gasteiger partial charge in [0.05, 0.1) is 6.21 Å². The zero-order valence-corrected chi connectivity index (χ0v) is 4.13. The van der Waals surface area contributed by atoms with Gasteiger partial charge in [-0.15, -0.1) is 0 Å². The summed E-state index contributed by atoms with van der Waals surface area (Å²) in [6, 6.07) is 2.08. The van der Waals surface area contributed by atoms with Gasteiger partial charge in [-0.2, -0.15) is 0 Å². The van der Waals surface area contributed by atoms with Crippen LogP contribution in [0.3, 0.4) is 0 Å². The van der Waals surface area contributed by atoms with Crippen LogP contribution in [0.5, 0.6) is 0 Å². The second-order valence-electron chi connectivity index (χ2n) is 0.815. The fourth-order valence-electron chi connectivity index (χ4n) is 0.143. The molecule has 7 heavy (non-hydrogen) atoms. The van der Waals surface area contributed by atoms with E-state index < -0.39 is 0 Å². The molecule has 0 aromatic heterocycles. The van der Waals surface area contributed by atoms with Crippen LogP contribution in [0.2, 0.25) is 0 Å². The maximum absolute atomic E-state index is 4.76. The lowest BCUT2D eigenvalue weighted by atomic mass is 10.8. The molecule has 0 fully saturated rings. The van der Waals surface area contributed by atoms with Gasteiger partial charge in [0.1, 0.15) is 0 Å². The molecule has 0 saturated carbocycles. The molecule has 0 unspecified atom stereocenters. The monoisotopic (exact) mass is 94.1 g/mol. The van der Waals surface area contributed by atoms with Gasteiger partial charge in [0.2, 0.25) is 0 Å². The molecule has 0 aromatic carbocycles. The standard InChI is InChI=1S/C5H6N2/c1-3-7-5-4-6-2/h1,4-5H,2H3/b6-4-,7-5-. The van der Waals surface area contributed by atoms with Crippen LogP contribution < -0.4 is 0 Å². The van der Waals surface area contributed by atoms with Crippen molar-refractivity contribution in [3.8, 4) is 12.5 Å². The second kappa shape index (κ2) is 4.90. The summed E-state index contributed by atoms with van der Waals surface area (Å²) < 4.78 is 0. The van der Waals surface area contributed by atoms with Crippen LogP contribution in [0.15, 0.2) is 9.98 Å². The van der Waals surface area contributed by atoms with E-state index in [1.165, 1.54) is 12.4 Å². The molecule has 0 atom stereocenters. The van der Waals surface area contributed by atoms with Crippen molar-refractivity contribution in [1.82, 2.24) is 0 Å². The lowest BCUT2D eigenvalue weighted by Crippen LogP contribution is -1.69. The van der Waals surface area contributed by atoms with E-state index in [1.54, 1.807) is 7.05 Å². The van der Waals surface area contributed by atoms with Gasteiger partial charge < -0.3 is 0 Å². The van der Waals surface area contributed by atoms with Gasteiger partial charge in [-0.25, -0.2) is 4.99 Å². The Hall–Kier alpha value is -1.10. The smallest absolute Gasteiger partial charge is 0.0553 e. The Morgan fingerprint density at radius 1 is 1.57 bits per heavy atom. The fourth-order valence-corrected chi connectivity index (χ4v) is 0.143. The van der Waals surface area contributed by atoms with Gasteiger partial charge in [0, 0.05) is 19.3 Å². The minimum absolute atomic E-state index is 1.46. The van der Waals surface area contributed by atoms with Crippen LogP contribution >= 0.6 is 0 Å². The summed E-state index contributed by atoms with van der Waals surface area (Å²) in [6.45, 7) is 0. The van der Waals surface area contributed by atoms with E-state index in [2.05, 4.69) is 16.0 Å². The first-order valence-electron chi connectivity index (χ1n) is 1.81. The van der Waals surface area contributed by atoms with E-state index in [1.807, 2.05) is 0 Å². The van der Waals surface area contributed by atoms with Crippen molar-refractivity contribution in [3.05, 3.63) is 0 Å². The third-order valence-electron chi connectivity index (χ3n) is 0.365. The summed E-state index contributed by atoms with van der Waals surface area (Å²) in [5, 5.41) is 0. The Kier molecular flexibility index (Phi) is 4.13. The molecule has 0 aromatic rings. The summed E-state index contributed by atoms with van der Waals surface area (Å²) >= 11 is 0. The van der Waals surface area contributed by atoms with Gasteiger partial charge >= 0.3 is 0 Å². The first kappa shape index (κ1) is 5.90. The molecule has 0 heterocycles.